The highest BCUT2D eigenvalue weighted by Gasteiger charge is 2.37. The van der Waals surface area contributed by atoms with Crippen LogP contribution in [0.2, 0.25) is 0 Å². The van der Waals surface area contributed by atoms with E-state index in [1.807, 2.05) is 29.1 Å². The molecule has 4 N–H and O–H groups in total. The Morgan fingerprint density at radius 1 is 0.695 bits per heavy atom. The third kappa shape index (κ3) is 8.96. The monoisotopic (exact) mass is 810 g/mol. The van der Waals surface area contributed by atoms with Crippen LogP contribution >= 0.6 is 0 Å². The summed E-state index contributed by atoms with van der Waals surface area (Å²) < 4.78 is 9.46. The molecular weight excluding hydrogens is 749 g/mol. The van der Waals surface area contributed by atoms with Crippen LogP contribution in [-0.2, 0) is 19.1 Å². The fraction of sp³-hybridized carbons (Fsp3) is 0.422. The smallest absolute Gasteiger partial charge is 0.407 e. The highest BCUT2D eigenvalue weighted by Crippen LogP contribution is 2.36. The molecule has 0 aliphatic carbocycles. The minimum atomic E-state index is -0.723. The molecule has 1 unspecified atom stereocenters. The Labute approximate surface area is 350 Å². The average Bonchev–Trinajstić information content (AvgIpc) is 3.96. The number of nitrogens with zero attached hydrogens (tertiary/aromatic N) is 4. The molecule has 14 heteroatoms. The highest BCUT2D eigenvalue weighted by molar-refractivity contribution is 5.91. The molecule has 0 bridgehead atoms. The van der Waals surface area contributed by atoms with Crippen LogP contribution in [-0.4, -0.2) is 93.1 Å². The van der Waals surface area contributed by atoms with Gasteiger partial charge in [-0.2, -0.15) is 0 Å². The van der Waals surface area contributed by atoms with Gasteiger partial charge in [-0.1, -0.05) is 69.3 Å². The van der Waals surface area contributed by atoms with Crippen molar-refractivity contribution in [2.45, 2.75) is 84.0 Å². The molecule has 0 radical (unpaired) electrons. The van der Waals surface area contributed by atoms with Gasteiger partial charge in [0.05, 0.1) is 50.1 Å². The molecule has 3 aromatic carbocycles. The van der Waals surface area contributed by atoms with Gasteiger partial charge in [0.15, 0.2) is 0 Å². The van der Waals surface area contributed by atoms with Crippen molar-refractivity contribution in [3.05, 3.63) is 84.7 Å². The van der Waals surface area contributed by atoms with Crippen molar-refractivity contribution in [3.63, 3.8) is 0 Å². The molecule has 2 aromatic heterocycles. The van der Waals surface area contributed by atoms with Crippen LogP contribution in [0.15, 0.2) is 73.1 Å². The summed E-state index contributed by atoms with van der Waals surface area (Å²) in [5, 5.41) is 7.48. The summed E-state index contributed by atoms with van der Waals surface area (Å²) in [5.41, 5.74) is 5.89. The number of nitrogens with one attached hydrogen (secondary N) is 4. The van der Waals surface area contributed by atoms with Crippen LogP contribution in [0.25, 0.3) is 44.4 Å². The van der Waals surface area contributed by atoms with Crippen LogP contribution in [0.4, 0.5) is 9.59 Å². The van der Waals surface area contributed by atoms with Crippen molar-refractivity contribution < 1.29 is 34.4 Å². The number of fused-ring (bicyclic) bond motifs is 1. The largest absolute Gasteiger partial charge is 0.453 e. The topological polar surface area (TPSA) is 175 Å². The predicted molar refractivity (Wildman–Crippen MR) is 233 cm³/mol. The summed E-state index contributed by atoms with van der Waals surface area (Å²) in [6.07, 6.45) is 6.33. The second kappa shape index (κ2) is 17.8. The van der Waals surface area contributed by atoms with Crippen molar-refractivity contribution in [2.24, 2.45) is 11.8 Å². The number of hydrogen-bond donors (Lipinski definition) is 4. The van der Waals surface area contributed by atoms with E-state index in [-0.39, 0.29) is 29.6 Å². The molecule has 2 aliphatic rings. The summed E-state index contributed by atoms with van der Waals surface area (Å²) in [6, 6.07) is 19.3. The maximum Gasteiger partial charge on any atom is 0.407 e. The summed E-state index contributed by atoms with van der Waals surface area (Å²) in [7, 11) is 2.58. The van der Waals surface area contributed by atoms with Crippen molar-refractivity contribution >= 4 is 34.8 Å². The van der Waals surface area contributed by atoms with Gasteiger partial charge >= 0.3 is 12.2 Å². The van der Waals surface area contributed by atoms with E-state index in [1.54, 1.807) is 6.92 Å². The first kappa shape index (κ1) is 41.0. The number of carbonyl (C=O) groups excluding carboxylic acids is 4. The maximum atomic E-state index is 13.6. The van der Waals surface area contributed by atoms with E-state index in [4.69, 9.17) is 19.4 Å². The number of H-pyrrole nitrogens is 2. The van der Waals surface area contributed by atoms with Gasteiger partial charge in [-0.25, -0.2) is 19.6 Å². The summed E-state index contributed by atoms with van der Waals surface area (Å²) in [6.45, 7) is 8.98. The van der Waals surface area contributed by atoms with Gasteiger partial charge in [0.2, 0.25) is 11.8 Å². The quantitative estimate of drug-likeness (QED) is 0.108. The number of imidazole rings is 2. The number of aromatic nitrogens is 4. The lowest BCUT2D eigenvalue weighted by molar-refractivity contribution is -0.139. The fourth-order valence-corrected chi connectivity index (χ4v) is 8.39. The van der Waals surface area contributed by atoms with E-state index in [0.29, 0.717) is 31.3 Å². The number of likely N-dealkylation sites (tertiary alicyclic amines) is 2. The van der Waals surface area contributed by atoms with Crippen molar-refractivity contribution in [1.29, 1.82) is 0 Å². The molecule has 5 aromatic rings. The maximum absolute atomic E-state index is 13.6. The molecule has 2 aliphatic heterocycles. The van der Waals surface area contributed by atoms with E-state index in [9.17, 15) is 19.2 Å². The minimum absolute atomic E-state index is 0. The van der Waals surface area contributed by atoms with Gasteiger partial charge in [-0.05, 0) is 90.5 Å². The van der Waals surface area contributed by atoms with Gasteiger partial charge in [-0.15, -0.1) is 0 Å². The third-order valence-electron chi connectivity index (χ3n) is 11.8. The number of ether oxygens (including phenoxy) is 2. The van der Waals surface area contributed by atoms with E-state index >= 15 is 0 Å². The zero-order valence-corrected chi connectivity index (χ0v) is 34.6. The lowest BCUT2D eigenvalue weighted by Gasteiger charge is -2.39. The van der Waals surface area contributed by atoms with Crippen molar-refractivity contribution in [2.75, 3.05) is 27.3 Å². The number of carbonyl (C=O) groups is 4. The van der Waals surface area contributed by atoms with Crippen LogP contribution in [0, 0.1) is 11.8 Å². The van der Waals surface area contributed by atoms with Crippen LogP contribution in [0.3, 0.4) is 0 Å². The first-order valence-corrected chi connectivity index (χ1v) is 20.5. The van der Waals surface area contributed by atoms with E-state index in [2.05, 4.69) is 95.1 Å². The average molecular weight is 811 g/mol. The standard InChI is InChI=1S/C45H54N8O6.4H2/c1-7-35(51-45(57)59-6)43(55)53-25-27(3)9-19-39(53)41-46-22-36(49-41)30-12-10-29(11-13-30)31-14-15-33-21-34(17-16-32(33)20-31)37-23-47-40(50-37)38-18-8-26(2)24-52(38)42(54)28(4)48-44(56)58-5;;;;/h10-17,20-23,26-28,35,38-39H,7-9,18-19,24-25H2,1-6H3,(H,46,49)(H,47,50)(H,48,56)(H,51,57);4*1H/t26-,27?,28-,35-,38-,39-;;;;/m0..../s1. The molecule has 4 heterocycles. The summed E-state index contributed by atoms with van der Waals surface area (Å²) in [4.78, 5) is 71.0. The third-order valence-corrected chi connectivity index (χ3v) is 11.8. The molecule has 0 spiro atoms. The fourth-order valence-electron chi connectivity index (χ4n) is 8.39. The SMILES string of the molecule is CC[C@H](NC(=O)OC)C(=O)N1CC(C)CC[C@H]1c1ncc(-c2ccc(-c3ccc4cc(-c5cnc([C@@H]6CC[C@H](C)CN6C(=O)[C@H](C)NC(=O)OC)[nH]5)ccc4c3)cc2)[nH]1.[HH].[HH].[HH].[HH]. The normalized spacial score (nSPS) is 20.4. The Bertz CT molecular complexity index is 2320. The molecule has 6 atom stereocenters. The number of benzene rings is 3. The number of alkyl carbamates (subject to hydrolysis) is 2. The van der Waals surface area contributed by atoms with E-state index in [0.717, 1.165) is 81.7 Å². The highest BCUT2D eigenvalue weighted by atomic mass is 16.5. The Balaban J connectivity index is 0.00000264. The molecule has 2 saturated heterocycles. The van der Waals surface area contributed by atoms with Crippen LogP contribution in [0.5, 0.6) is 0 Å². The van der Waals surface area contributed by atoms with Gasteiger partial charge < -0.3 is 39.9 Å². The zero-order chi connectivity index (χ0) is 41.8. The van der Waals surface area contributed by atoms with Gasteiger partial charge in [0.1, 0.15) is 23.7 Å². The second-order valence-electron chi connectivity index (χ2n) is 16.1. The molecule has 14 nitrogen and oxygen atoms in total. The molecule has 2 fully saturated rings. The van der Waals surface area contributed by atoms with Crippen LogP contribution < -0.4 is 10.6 Å². The summed E-state index contributed by atoms with van der Waals surface area (Å²) >= 11 is 0. The minimum Gasteiger partial charge on any atom is -0.453 e. The summed E-state index contributed by atoms with van der Waals surface area (Å²) in [5.74, 6) is 1.84. The van der Waals surface area contributed by atoms with Gasteiger partial charge in [0.25, 0.3) is 0 Å². The molecular formula is C45H62N8O6. The number of aromatic amines is 2. The number of piperidine rings is 2. The Kier molecular flexibility index (Phi) is 12.3. The lowest BCUT2D eigenvalue weighted by Crippen LogP contribution is -2.52. The van der Waals surface area contributed by atoms with E-state index in [1.165, 1.54) is 14.2 Å². The molecule has 318 valence electrons. The van der Waals surface area contributed by atoms with Gasteiger partial charge in [-0.3, -0.25) is 9.59 Å². The van der Waals surface area contributed by atoms with Crippen molar-refractivity contribution in [1.82, 2.24) is 40.4 Å². The molecule has 59 heavy (non-hydrogen) atoms. The number of hydrogen-bond acceptors (Lipinski definition) is 8. The van der Waals surface area contributed by atoms with Crippen LogP contribution in [0.1, 0.15) is 89.2 Å². The van der Waals surface area contributed by atoms with E-state index < -0.39 is 24.3 Å². The van der Waals surface area contributed by atoms with Crippen molar-refractivity contribution in [3.8, 4) is 33.6 Å². The second-order valence-corrected chi connectivity index (χ2v) is 16.1. The first-order valence-electron chi connectivity index (χ1n) is 20.5. The molecule has 0 saturated carbocycles. The lowest BCUT2D eigenvalue weighted by atomic mass is 9.92. The number of amides is 4. The zero-order valence-electron chi connectivity index (χ0n) is 34.6. The Morgan fingerprint density at radius 2 is 1.17 bits per heavy atom. The molecule has 7 rings (SSSR count). The first-order chi connectivity index (χ1) is 28.5. The Morgan fingerprint density at radius 3 is 1.73 bits per heavy atom. The number of methoxy groups -OCH3 is 2. The van der Waals surface area contributed by atoms with Gasteiger partial charge in [0, 0.05) is 24.4 Å². The molecule has 4 amide bonds. The Hall–Kier alpha value is -6.18. The number of rotatable bonds is 10. The predicted octanol–water partition coefficient (Wildman–Crippen LogP) is 8.75.